The molecule has 0 spiro atoms. The zero-order valence-corrected chi connectivity index (χ0v) is 12.5. The highest BCUT2D eigenvalue weighted by Crippen LogP contribution is 2.22. The average Bonchev–Trinajstić information content (AvgIpc) is 2.63. The van der Waals surface area contributed by atoms with Gasteiger partial charge in [-0.2, -0.15) is 5.10 Å². The van der Waals surface area contributed by atoms with E-state index >= 15 is 0 Å². The van der Waals surface area contributed by atoms with E-state index in [-0.39, 0.29) is 11.1 Å². The highest BCUT2D eigenvalue weighted by atomic mass is 32.2. The minimum Gasteiger partial charge on any atom is -0.310 e. The van der Waals surface area contributed by atoms with Crippen molar-refractivity contribution in [1.82, 2.24) is 20.2 Å². The SMILES string of the molecule is Cc1[nH]nc(S(=O)(=O)NC2CCC2)c1CNC(C)C. The van der Waals surface area contributed by atoms with Crippen molar-refractivity contribution in [3.8, 4) is 0 Å². The molecule has 0 unspecified atom stereocenters. The van der Waals surface area contributed by atoms with Gasteiger partial charge in [-0.25, -0.2) is 13.1 Å². The largest absolute Gasteiger partial charge is 0.310 e. The van der Waals surface area contributed by atoms with Gasteiger partial charge in [-0.3, -0.25) is 5.10 Å². The van der Waals surface area contributed by atoms with Crippen LogP contribution < -0.4 is 10.0 Å². The maximum absolute atomic E-state index is 12.3. The molecule has 1 aliphatic carbocycles. The highest BCUT2D eigenvalue weighted by Gasteiger charge is 2.29. The van der Waals surface area contributed by atoms with Crippen LogP contribution in [-0.4, -0.2) is 30.7 Å². The van der Waals surface area contributed by atoms with Crippen LogP contribution in [0.1, 0.15) is 44.4 Å². The second-order valence-corrected chi connectivity index (χ2v) is 7.05. The molecule has 1 heterocycles. The van der Waals surface area contributed by atoms with Gasteiger partial charge in [-0.15, -0.1) is 0 Å². The molecule has 1 aliphatic rings. The fourth-order valence-electron chi connectivity index (χ4n) is 1.97. The molecule has 108 valence electrons. The molecule has 1 fully saturated rings. The number of aromatic nitrogens is 2. The second kappa shape index (κ2) is 5.60. The first kappa shape index (κ1) is 14.5. The Bertz CT molecular complexity index is 532. The summed E-state index contributed by atoms with van der Waals surface area (Å²) in [6, 6.07) is 0.373. The lowest BCUT2D eigenvalue weighted by molar-refractivity contribution is 0.383. The van der Waals surface area contributed by atoms with E-state index in [2.05, 4.69) is 20.2 Å². The van der Waals surface area contributed by atoms with Crippen LogP contribution in [0, 0.1) is 6.92 Å². The van der Waals surface area contributed by atoms with E-state index in [0.717, 1.165) is 30.5 Å². The Morgan fingerprint density at radius 2 is 2.11 bits per heavy atom. The summed E-state index contributed by atoms with van der Waals surface area (Å²) in [5, 5.41) is 10.1. The van der Waals surface area contributed by atoms with E-state index in [1.165, 1.54) is 0 Å². The van der Waals surface area contributed by atoms with E-state index in [0.29, 0.717) is 12.6 Å². The Labute approximate surface area is 114 Å². The lowest BCUT2D eigenvalue weighted by Crippen LogP contribution is -2.40. The van der Waals surface area contributed by atoms with Crippen molar-refractivity contribution >= 4 is 10.0 Å². The third-order valence-electron chi connectivity index (χ3n) is 3.40. The molecule has 0 aliphatic heterocycles. The zero-order chi connectivity index (χ0) is 14.0. The Morgan fingerprint density at radius 1 is 1.42 bits per heavy atom. The summed E-state index contributed by atoms with van der Waals surface area (Å²) in [6.07, 6.45) is 2.93. The molecular weight excluding hydrogens is 264 g/mol. The van der Waals surface area contributed by atoms with Gasteiger partial charge in [-0.1, -0.05) is 20.3 Å². The third-order valence-corrected chi connectivity index (χ3v) is 4.90. The van der Waals surface area contributed by atoms with E-state index < -0.39 is 10.0 Å². The van der Waals surface area contributed by atoms with Crippen LogP contribution in [0.2, 0.25) is 0 Å². The Hall–Kier alpha value is -0.920. The first-order chi connectivity index (χ1) is 8.90. The molecule has 1 aromatic heterocycles. The van der Waals surface area contributed by atoms with Crippen LogP contribution in [0.5, 0.6) is 0 Å². The first-order valence-electron chi connectivity index (χ1n) is 6.69. The van der Waals surface area contributed by atoms with Gasteiger partial charge in [0.15, 0.2) is 5.03 Å². The molecule has 6 nitrogen and oxygen atoms in total. The normalized spacial score (nSPS) is 16.8. The van der Waals surface area contributed by atoms with Gasteiger partial charge in [-0.05, 0) is 19.8 Å². The van der Waals surface area contributed by atoms with Crippen molar-refractivity contribution < 1.29 is 8.42 Å². The molecule has 7 heteroatoms. The van der Waals surface area contributed by atoms with Gasteiger partial charge in [0.1, 0.15) is 0 Å². The molecular formula is C12H22N4O2S. The summed E-state index contributed by atoms with van der Waals surface area (Å²) in [7, 11) is -3.51. The van der Waals surface area contributed by atoms with Crippen LogP contribution in [0.25, 0.3) is 0 Å². The number of hydrogen-bond acceptors (Lipinski definition) is 4. The second-order valence-electron chi connectivity index (χ2n) is 5.42. The smallest absolute Gasteiger partial charge is 0.260 e. The monoisotopic (exact) mass is 286 g/mol. The van der Waals surface area contributed by atoms with Gasteiger partial charge in [0.25, 0.3) is 10.0 Å². The van der Waals surface area contributed by atoms with Gasteiger partial charge >= 0.3 is 0 Å². The van der Waals surface area contributed by atoms with Crippen LogP contribution in [0.4, 0.5) is 0 Å². The van der Waals surface area contributed by atoms with Crippen molar-refractivity contribution in [2.45, 2.75) is 63.7 Å². The van der Waals surface area contributed by atoms with Crippen molar-refractivity contribution in [1.29, 1.82) is 0 Å². The predicted molar refractivity (Wildman–Crippen MR) is 73.3 cm³/mol. The number of sulfonamides is 1. The van der Waals surface area contributed by atoms with Crippen LogP contribution in [-0.2, 0) is 16.6 Å². The Morgan fingerprint density at radius 3 is 2.63 bits per heavy atom. The highest BCUT2D eigenvalue weighted by molar-refractivity contribution is 7.89. The fraction of sp³-hybridized carbons (Fsp3) is 0.750. The summed E-state index contributed by atoms with van der Waals surface area (Å²) in [4.78, 5) is 0. The molecule has 0 atom stereocenters. The van der Waals surface area contributed by atoms with Gasteiger partial charge < -0.3 is 5.32 Å². The molecule has 19 heavy (non-hydrogen) atoms. The number of aryl methyl sites for hydroxylation is 1. The number of nitrogens with one attached hydrogen (secondary N) is 3. The molecule has 1 saturated carbocycles. The quantitative estimate of drug-likeness (QED) is 0.729. The van der Waals surface area contributed by atoms with Gasteiger partial charge in [0.2, 0.25) is 0 Å². The Kier molecular flexibility index (Phi) is 4.27. The maximum Gasteiger partial charge on any atom is 0.260 e. The summed E-state index contributed by atoms with van der Waals surface area (Å²) in [6.45, 7) is 6.39. The molecule has 0 radical (unpaired) electrons. The van der Waals surface area contributed by atoms with E-state index in [1.54, 1.807) is 0 Å². The molecule has 0 bridgehead atoms. The maximum atomic E-state index is 12.3. The molecule has 0 amide bonds. The van der Waals surface area contributed by atoms with Gasteiger partial charge in [0.05, 0.1) is 0 Å². The van der Waals surface area contributed by atoms with Crippen LogP contribution in [0.3, 0.4) is 0 Å². The van der Waals surface area contributed by atoms with E-state index in [4.69, 9.17) is 0 Å². The standard InChI is InChI=1S/C12H22N4O2S/c1-8(2)13-7-11-9(3)14-15-12(11)19(17,18)16-10-5-4-6-10/h8,10,13,16H,4-7H2,1-3H3,(H,14,15). The number of aromatic amines is 1. The van der Waals surface area contributed by atoms with E-state index in [9.17, 15) is 8.42 Å². The topological polar surface area (TPSA) is 86.9 Å². The van der Waals surface area contributed by atoms with Crippen LogP contribution in [0.15, 0.2) is 5.03 Å². The lowest BCUT2D eigenvalue weighted by Gasteiger charge is -2.25. The minimum absolute atomic E-state index is 0.0768. The zero-order valence-electron chi connectivity index (χ0n) is 11.7. The minimum atomic E-state index is -3.51. The number of hydrogen-bond donors (Lipinski definition) is 3. The molecule has 2 rings (SSSR count). The predicted octanol–water partition coefficient (Wildman–Crippen LogP) is 1.05. The number of nitrogens with zero attached hydrogens (tertiary/aromatic N) is 1. The molecule has 0 aromatic carbocycles. The number of rotatable bonds is 6. The fourth-order valence-corrected chi connectivity index (χ4v) is 3.47. The van der Waals surface area contributed by atoms with Gasteiger partial charge in [0, 0.05) is 29.9 Å². The summed E-state index contributed by atoms with van der Waals surface area (Å²) >= 11 is 0. The average molecular weight is 286 g/mol. The lowest BCUT2D eigenvalue weighted by atomic mass is 9.94. The molecule has 0 saturated heterocycles. The van der Waals surface area contributed by atoms with Crippen molar-refractivity contribution in [2.75, 3.05) is 0 Å². The molecule has 1 aromatic rings. The van der Waals surface area contributed by atoms with Crippen LogP contribution >= 0.6 is 0 Å². The van der Waals surface area contributed by atoms with E-state index in [1.807, 2.05) is 20.8 Å². The van der Waals surface area contributed by atoms with Crippen molar-refractivity contribution in [2.24, 2.45) is 0 Å². The summed E-state index contributed by atoms with van der Waals surface area (Å²) in [5.74, 6) is 0. The third kappa shape index (κ3) is 3.34. The summed E-state index contributed by atoms with van der Waals surface area (Å²) < 4.78 is 27.3. The first-order valence-corrected chi connectivity index (χ1v) is 8.18. The summed E-state index contributed by atoms with van der Waals surface area (Å²) in [5.41, 5.74) is 1.52. The van der Waals surface area contributed by atoms with Crippen molar-refractivity contribution in [3.63, 3.8) is 0 Å². The van der Waals surface area contributed by atoms with Crippen molar-refractivity contribution in [3.05, 3.63) is 11.3 Å². The Balaban J connectivity index is 2.18. The number of H-pyrrole nitrogens is 1. The molecule has 3 N–H and O–H groups in total.